The molecule has 0 aliphatic rings. The van der Waals surface area contributed by atoms with Crippen LogP contribution in [0.5, 0.6) is 0 Å². The van der Waals surface area contributed by atoms with Crippen LogP contribution in [0.3, 0.4) is 0 Å². The second-order valence-electron chi connectivity index (χ2n) is 5.11. The van der Waals surface area contributed by atoms with Crippen molar-refractivity contribution in [3.05, 3.63) is 16.9 Å². The van der Waals surface area contributed by atoms with Gasteiger partial charge in [-0.15, -0.1) is 0 Å². The van der Waals surface area contributed by atoms with Crippen molar-refractivity contribution in [1.29, 1.82) is 0 Å². The van der Waals surface area contributed by atoms with E-state index in [9.17, 15) is 5.11 Å². The lowest BCUT2D eigenvalue weighted by atomic mass is 9.94. The number of halogens is 1. The third kappa shape index (κ3) is 3.46. The van der Waals surface area contributed by atoms with Crippen LogP contribution in [0.4, 0.5) is 0 Å². The van der Waals surface area contributed by atoms with Crippen LogP contribution >= 0.6 is 11.6 Å². The van der Waals surface area contributed by atoms with E-state index in [-0.39, 0.29) is 6.04 Å². The Morgan fingerprint density at radius 2 is 2.12 bits per heavy atom. The second-order valence-corrected chi connectivity index (χ2v) is 5.52. The van der Waals surface area contributed by atoms with Gasteiger partial charge in [-0.1, -0.05) is 37.8 Å². The summed E-state index contributed by atoms with van der Waals surface area (Å²) in [6.45, 7) is 8.05. The normalized spacial score (nSPS) is 15.2. The number of rotatable bonds is 6. The van der Waals surface area contributed by atoms with Crippen molar-refractivity contribution in [3.63, 3.8) is 0 Å². The molecule has 1 aromatic rings. The molecular formula is C13H23ClN2O. The van der Waals surface area contributed by atoms with Crippen molar-refractivity contribution < 1.29 is 5.11 Å². The van der Waals surface area contributed by atoms with Crippen LogP contribution in [-0.2, 0) is 5.60 Å². The predicted octanol–water partition coefficient (Wildman–Crippen LogP) is 3.91. The molecule has 98 valence electrons. The van der Waals surface area contributed by atoms with Crippen LogP contribution in [0.15, 0.2) is 6.20 Å². The lowest BCUT2D eigenvalue weighted by molar-refractivity contribution is 0.0346. The number of hydrogen-bond donors (Lipinski definition) is 1. The molecule has 0 aliphatic carbocycles. The number of hydrogen-bond acceptors (Lipinski definition) is 2. The van der Waals surface area contributed by atoms with E-state index in [0.29, 0.717) is 5.02 Å². The van der Waals surface area contributed by atoms with Gasteiger partial charge in [-0.05, 0) is 27.2 Å². The Morgan fingerprint density at radius 1 is 1.47 bits per heavy atom. The summed E-state index contributed by atoms with van der Waals surface area (Å²) in [5.74, 6) is 0. The summed E-state index contributed by atoms with van der Waals surface area (Å²) in [6, 6.07) is 0.204. The van der Waals surface area contributed by atoms with E-state index >= 15 is 0 Å². The Hall–Kier alpha value is -0.540. The van der Waals surface area contributed by atoms with E-state index in [1.54, 1.807) is 6.20 Å². The molecule has 0 bridgehead atoms. The van der Waals surface area contributed by atoms with Crippen molar-refractivity contribution in [1.82, 2.24) is 9.78 Å². The van der Waals surface area contributed by atoms with Gasteiger partial charge in [0.25, 0.3) is 0 Å². The first-order chi connectivity index (χ1) is 7.90. The molecule has 0 fully saturated rings. The molecule has 1 heterocycles. The molecule has 0 amide bonds. The quantitative estimate of drug-likeness (QED) is 0.786. The average molecular weight is 259 g/mol. The maximum Gasteiger partial charge on any atom is 0.105 e. The molecule has 1 unspecified atom stereocenters. The van der Waals surface area contributed by atoms with Crippen LogP contribution in [0, 0.1) is 0 Å². The number of unbranched alkanes of at least 4 members (excludes halogenated alkanes) is 2. The largest absolute Gasteiger partial charge is 0.384 e. The molecule has 0 aromatic carbocycles. The molecule has 0 spiro atoms. The maximum atomic E-state index is 10.6. The number of nitrogens with zero attached hydrogens (tertiary/aromatic N) is 2. The van der Waals surface area contributed by atoms with E-state index < -0.39 is 5.60 Å². The summed E-state index contributed by atoms with van der Waals surface area (Å²) >= 11 is 6.14. The first-order valence-electron chi connectivity index (χ1n) is 6.36. The van der Waals surface area contributed by atoms with Crippen molar-refractivity contribution in [2.75, 3.05) is 0 Å². The average Bonchev–Trinajstić information content (AvgIpc) is 2.61. The zero-order valence-corrected chi connectivity index (χ0v) is 12.0. The molecule has 1 rings (SSSR count). The molecular weight excluding hydrogens is 236 g/mol. The molecule has 3 nitrogen and oxygen atoms in total. The van der Waals surface area contributed by atoms with Gasteiger partial charge in [0.1, 0.15) is 5.60 Å². The van der Waals surface area contributed by atoms with Gasteiger partial charge in [0.2, 0.25) is 0 Å². The fourth-order valence-electron chi connectivity index (χ4n) is 2.07. The molecule has 17 heavy (non-hydrogen) atoms. The highest BCUT2D eigenvalue weighted by Gasteiger charge is 2.30. The zero-order valence-electron chi connectivity index (χ0n) is 11.2. The molecule has 1 atom stereocenters. The summed E-state index contributed by atoms with van der Waals surface area (Å²) in [7, 11) is 0. The third-order valence-corrected chi connectivity index (χ3v) is 3.29. The molecule has 4 heteroatoms. The van der Waals surface area contributed by atoms with Gasteiger partial charge in [0.15, 0.2) is 0 Å². The van der Waals surface area contributed by atoms with Gasteiger partial charge in [0.05, 0.1) is 16.9 Å². The summed E-state index contributed by atoms with van der Waals surface area (Å²) in [5, 5.41) is 15.4. The van der Waals surface area contributed by atoms with Gasteiger partial charge < -0.3 is 5.11 Å². The molecule has 0 aliphatic heterocycles. The Kier molecular flexibility index (Phi) is 5.02. The van der Waals surface area contributed by atoms with Gasteiger partial charge in [-0.3, -0.25) is 4.68 Å². The van der Waals surface area contributed by atoms with Crippen molar-refractivity contribution in [3.8, 4) is 0 Å². The highest BCUT2D eigenvalue weighted by Crippen LogP contribution is 2.33. The molecule has 0 saturated carbocycles. The monoisotopic (exact) mass is 258 g/mol. The fourth-order valence-corrected chi connectivity index (χ4v) is 2.41. The molecule has 0 saturated heterocycles. The van der Waals surface area contributed by atoms with Crippen LogP contribution in [0.1, 0.15) is 65.1 Å². The van der Waals surface area contributed by atoms with E-state index in [2.05, 4.69) is 12.0 Å². The predicted molar refractivity (Wildman–Crippen MR) is 71.3 cm³/mol. The van der Waals surface area contributed by atoms with Crippen molar-refractivity contribution in [2.24, 2.45) is 0 Å². The van der Waals surface area contributed by atoms with Crippen LogP contribution < -0.4 is 0 Å². The van der Waals surface area contributed by atoms with E-state index in [1.165, 1.54) is 0 Å². The summed E-state index contributed by atoms with van der Waals surface area (Å²) in [4.78, 5) is 0. The minimum absolute atomic E-state index is 0.204. The summed E-state index contributed by atoms with van der Waals surface area (Å²) in [5.41, 5.74) is -0.155. The van der Waals surface area contributed by atoms with Gasteiger partial charge in [-0.25, -0.2) is 0 Å². The highest BCUT2D eigenvalue weighted by molar-refractivity contribution is 6.31. The van der Waals surface area contributed by atoms with E-state index in [0.717, 1.165) is 31.4 Å². The highest BCUT2D eigenvalue weighted by atomic mass is 35.5. The van der Waals surface area contributed by atoms with Crippen molar-refractivity contribution in [2.45, 2.75) is 65.0 Å². The molecule has 1 aromatic heterocycles. The smallest absolute Gasteiger partial charge is 0.105 e. The molecule has 1 N–H and O–H groups in total. The van der Waals surface area contributed by atoms with Crippen LogP contribution in [0.2, 0.25) is 5.02 Å². The summed E-state index contributed by atoms with van der Waals surface area (Å²) in [6.07, 6.45) is 5.62. The van der Waals surface area contributed by atoms with Crippen molar-refractivity contribution >= 4 is 11.6 Å². The SMILES string of the molecule is CCCCCC(C)(O)c1c(Cl)cnn1C(C)C. The lowest BCUT2D eigenvalue weighted by Gasteiger charge is -2.26. The number of aliphatic hydroxyl groups is 1. The summed E-state index contributed by atoms with van der Waals surface area (Å²) < 4.78 is 1.81. The van der Waals surface area contributed by atoms with Crippen LogP contribution in [0.25, 0.3) is 0 Å². The number of aromatic nitrogens is 2. The van der Waals surface area contributed by atoms with E-state index in [4.69, 9.17) is 11.6 Å². The Morgan fingerprint density at radius 3 is 2.65 bits per heavy atom. The Balaban J connectivity index is 2.92. The second kappa shape index (κ2) is 5.87. The van der Waals surface area contributed by atoms with E-state index in [1.807, 2.05) is 25.5 Å². The minimum Gasteiger partial charge on any atom is -0.384 e. The Bertz CT molecular complexity index is 358. The first kappa shape index (κ1) is 14.5. The Labute approximate surface area is 109 Å². The third-order valence-electron chi connectivity index (χ3n) is 3.02. The minimum atomic E-state index is -0.896. The van der Waals surface area contributed by atoms with Crippen LogP contribution in [-0.4, -0.2) is 14.9 Å². The van der Waals surface area contributed by atoms with Gasteiger partial charge in [0, 0.05) is 6.04 Å². The maximum absolute atomic E-state index is 10.6. The van der Waals surface area contributed by atoms with Gasteiger partial charge >= 0.3 is 0 Å². The topological polar surface area (TPSA) is 38.1 Å². The fraction of sp³-hybridized carbons (Fsp3) is 0.769. The zero-order chi connectivity index (χ0) is 13.1. The lowest BCUT2D eigenvalue weighted by Crippen LogP contribution is -2.26. The van der Waals surface area contributed by atoms with Gasteiger partial charge in [-0.2, -0.15) is 5.10 Å². The first-order valence-corrected chi connectivity index (χ1v) is 6.73. The standard InChI is InChI=1S/C13H23ClN2O/c1-5-6-7-8-13(4,17)12-11(14)9-15-16(12)10(2)3/h9-10,17H,5-8H2,1-4H3. The molecule has 0 radical (unpaired) electrons.